The van der Waals surface area contributed by atoms with Gasteiger partial charge in [-0.3, -0.25) is 18.8 Å². The Morgan fingerprint density at radius 2 is 1.51 bits per heavy atom. The first-order valence-corrected chi connectivity index (χ1v) is 14.7. The van der Waals surface area contributed by atoms with E-state index in [-0.39, 0.29) is 62.0 Å². The van der Waals surface area contributed by atoms with Gasteiger partial charge < -0.3 is 15.1 Å². The summed E-state index contributed by atoms with van der Waals surface area (Å²) < 4.78 is 104. The summed E-state index contributed by atoms with van der Waals surface area (Å²) in [7, 11) is 0. The lowest BCUT2D eigenvalue weighted by atomic mass is 10.1. The first-order chi connectivity index (χ1) is 22.1. The van der Waals surface area contributed by atoms with Crippen molar-refractivity contribution in [2.45, 2.75) is 51.9 Å². The summed E-state index contributed by atoms with van der Waals surface area (Å²) >= 11 is 0. The van der Waals surface area contributed by atoms with Crippen LogP contribution in [-0.4, -0.2) is 40.2 Å². The predicted molar refractivity (Wildman–Crippen MR) is 160 cm³/mol. The molecule has 2 aromatic heterocycles. The Kier molecular flexibility index (Phi) is 9.42. The van der Waals surface area contributed by atoms with E-state index in [1.165, 1.54) is 19.9 Å². The molecule has 47 heavy (non-hydrogen) atoms. The number of furan rings is 1. The molecular formula is C32H32F7N5O3. The van der Waals surface area contributed by atoms with Gasteiger partial charge >= 0.3 is 18.0 Å². The summed E-state index contributed by atoms with van der Waals surface area (Å²) in [5.74, 6) is -2.14. The predicted octanol–water partition coefficient (Wildman–Crippen LogP) is 5.47. The zero-order chi connectivity index (χ0) is 34.3. The van der Waals surface area contributed by atoms with Gasteiger partial charge in [-0.05, 0) is 37.6 Å². The normalized spacial score (nSPS) is 15.3. The molecule has 1 aliphatic heterocycles. The molecule has 0 unspecified atom stereocenters. The first-order valence-electron chi connectivity index (χ1n) is 14.7. The number of aryl methyl sites for hydroxylation is 1. The fourth-order valence-corrected chi connectivity index (χ4v) is 5.94. The van der Waals surface area contributed by atoms with Gasteiger partial charge in [0.15, 0.2) is 0 Å². The van der Waals surface area contributed by atoms with E-state index in [1.54, 1.807) is 40.1 Å². The smallest absolute Gasteiger partial charge is 0.449 e. The lowest BCUT2D eigenvalue weighted by Gasteiger charge is -2.37. The van der Waals surface area contributed by atoms with Crippen LogP contribution in [0.3, 0.4) is 0 Å². The molecule has 5 rings (SSSR count). The standard InChI is InChI=1S/C32H32F7N5O3/c1-19-15-22(28(47-19)32(37,38)39)16-41-11-13-42(14-12-41)27-20(2)43(17-23-24(31(34,35)36)9-6-10-25(23)33)30(46)44(29(27)45)18-26(40)21-7-4-3-5-8-21/h3-10,15,26H,11-14,16-18,40H2,1-2H3/t26-/m1/s1. The molecule has 1 aliphatic rings. The molecule has 4 aromatic rings. The van der Waals surface area contributed by atoms with E-state index in [0.29, 0.717) is 11.6 Å². The van der Waals surface area contributed by atoms with Crippen molar-refractivity contribution in [1.29, 1.82) is 0 Å². The number of alkyl halides is 6. The highest BCUT2D eigenvalue weighted by Crippen LogP contribution is 2.35. The highest BCUT2D eigenvalue weighted by molar-refractivity contribution is 5.50. The van der Waals surface area contributed by atoms with Gasteiger partial charge in [0, 0.05) is 55.6 Å². The van der Waals surface area contributed by atoms with E-state index < -0.39 is 58.9 Å². The van der Waals surface area contributed by atoms with Crippen LogP contribution in [0.2, 0.25) is 0 Å². The van der Waals surface area contributed by atoms with Crippen LogP contribution in [0.5, 0.6) is 0 Å². The van der Waals surface area contributed by atoms with Crippen molar-refractivity contribution < 1.29 is 35.2 Å². The third kappa shape index (κ3) is 7.15. The number of anilines is 1. The minimum atomic E-state index is -4.92. The number of piperazine rings is 1. The second-order valence-corrected chi connectivity index (χ2v) is 11.5. The Balaban J connectivity index is 1.52. The number of halogens is 7. The van der Waals surface area contributed by atoms with Gasteiger partial charge in [0.1, 0.15) is 17.3 Å². The van der Waals surface area contributed by atoms with Crippen molar-refractivity contribution in [3.8, 4) is 0 Å². The van der Waals surface area contributed by atoms with Gasteiger partial charge in [0.25, 0.3) is 5.56 Å². The zero-order valence-electron chi connectivity index (χ0n) is 25.5. The van der Waals surface area contributed by atoms with Crippen molar-refractivity contribution in [2.75, 3.05) is 31.1 Å². The van der Waals surface area contributed by atoms with Gasteiger partial charge in [-0.15, -0.1) is 0 Å². The molecule has 2 N–H and O–H groups in total. The Morgan fingerprint density at radius 3 is 2.13 bits per heavy atom. The number of aromatic nitrogens is 2. The molecule has 252 valence electrons. The molecule has 1 fully saturated rings. The van der Waals surface area contributed by atoms with Gasteiger partial charge in [-0.25, -0.2) is 9.18 Å². The van der Waals surface area contributed by atoms with E-state index in [0.717, 1.165) is 21.3 Å². The van der Waals surface area contributed by atoms with Crippen LogP contribution >= 0.6 is 0 Å². The molecule has 2 aromatic carbocycles. The summed E-state index contributed by atoms with van der Waals surface area (Å²) in [6.45, 7) is 2.32. The number of rotatable bonds is 8. The molecule has 0 radical (unpaired) electrons. The van der Waals surface area contributed by atoms with Crippen molar-refractivity contribution in [2.24, 2.45) is 5.73 Å². The van der Waals surface area contributed by atoms with Crippen LogP contribution < -0.4 is 21.9 Å². The highest BCUT2D eigenvalue weighted by Gasteiger charge is 2.39. The topological polar surface area (TPSA) is 89.6 Å². The number of hydrogen-bond donors (Lipinski definition) is 1. The third-order valence-corrected chi connectivity index (χ3v) is 8.28. The van der Waals surface area contributed by atoms with E-state index in [2.05, 4.69) is 0 Å². The van der Waals surface area contributed by atoms with Crippen molar-refractivity contribution in [3.05, 3.63) is 121 Å². The van der Waals surface area contributed by atoms with E-state index >= 15 is 0 Å². The van der Waals surface area contributed by atoms with Crippen LogP contribution in [0.25, 0.3) is 0 Å². The van der Waals surface area contributed by atoms with E-state index in [9.17, 15) is 40.3 Å². The summed E-state index contributed by atoms with van der Waals surface area (Å²) in [4.78, 5) is 31.1. The maximum absolute atomic E-state index is 14.9. The number of benzene rings is 2. The van der Waals surface area contributed by atoms with Gasteiger partial charge in [-0.1, -0.05) is 36.4 Å². The Morgan fingerprint density at radius 1 is 0.851 bits per heavy atom. The molecule has 0 spiro atoms. The second kappa shape index (κ2) is 13.0. The molecule has 0 amide bonds. The maximum atomic E-state index is 14.9. The van der Waals surface area contributed by atoms with Crippen molar-refractivity contribution in [3.63, 3.8) is 0 Å². The van der Waals surface area contributed by atoms with Crippen LogP contribution in [0, 0.1) is 19.7 Å². The lowest BCUT2D eigenvalue weighted by Crippen LogP contribution is -2.51. The van der Waals surface area contributed by atoms with Gasteiger partial charge in [-0.2, -0.15) is 26.3 Å². The van der Waals surface area contributed by atoms with Crippen LogP contribution in [0.4, 0.5) is 36.4 Å². The minimum absolute atomic E-state index is 0.00421. The lowest BCUT2D eigenvalue weighted by molar-refractivity contribution is -0.154. The molecule has 0 aliphatic carbocycles. The average molecular weight is 668 g/mol. The van der Waals surface area contributed by atoms with Gasteiger partial charge in [0.2, 0.25) is 5.76 Å². The Bertz CT molecular complexity index is 1850. The number of hydrogen-bond acceptors (Lipinski definition) is 6. The number of nitrogens with two attached hydrogens (primary N) is 1. The fraction of sp³-hybridized carbons (Fsp3) is 0.375. The molecule has 0 saturated carbocycles. The second-order valence-electron chi connectivity index (χ2n) is 11.5. The molecular weight excluding hydrogens is 635 g/mol. The third-order valence-electron chi connectivity index (χ3n) is 8.28. The van der Waals surface area contributed by atoms with Crippen LogP contribution in [-0.2, 0) is 32.0 Å². The minimum Gasteiger partial charge on any atom is -0.456 e. The summed E-state index contributed by atoms with van der Waals surface area (Å²) in [6, 6.07) is 11.6. The molecule has 15 heteroatoms. The monoisotopic (exact) mass is 667 g/mol. The Hall–Kier alpha value is -4.37. The molecule has 1 atom stereocenters. The van der Waals surface area contributed by atoms with Gasteiger partial charge in [0.05, 0.1) is 18.7 Å². The molecule has 3 heterocycles. The maximum Gasteiger partial charge on any atom is 0.449 e. The van der Waals surface area contributed by atoms with Crippen molar-refractivity contribution >= 4 is 5.69 Å². The largest absolute Gasteiger partial charge is 0.456 e. The summed E-state index contributed by atoms with van der Waals surface area (Å²) in [5.41, 5.74) is 3.20. The van der Waals surface area contributed by atoms with Crippen LogP contribution in [0.15, 0.2) is 68.6 Å². The molecule has 1 saturated heterocycles. The first kappa shape index (κ1) is 34.0. The van der Waals surface area contributed by atoms with E-state index in [1.807, 2.05) is 0 Å². The number of nitrogens with zero attached hydrogens (tertiary/aromatic N) is 4. The van der Waals surface area contributed by atoms with Crippen LogP contribution in [0.1, 0.15) is 45.5 Å². The highest BCUT2D eigenvalue weighted by atomic mass is 19.4. The fourth-order valence-electron chi connectivity index (χ4n) is 5.94. The van der Waals surface area contributed by atoms with E-state index in [4.69, 9.17) is 10.2 Å². The quantitative estimate of drug-likeness (QED) is 0.251. The summed E-state index contributed by atoms with van der Waals surface area (Å²) in [6.07, 6.45) is -9.59. The van der Waals surface area contributed by atoms with Crippen molar-refractivity contribution in [1.82, 2.24) is 14.0 Å². The molecule has 0 bridgehead atoms. The SMILES string of the molecule is Cc1cc(CN2CCN(c3c(C)n(Cc4c(F)cccc4C(F)(F)F)c(=O)n(C[C@@H](N)c4ccccc4)c3=O)CC2)c(C(F)(F)F)o1. The zero-order valence-corrected chi connectivity index (χ0v) is 25.5. The average Bonchev–Trinajstić information content (AvgIpc) is 3.39. The Labute approximate surface area is 264 Å². The molecule has 8 nitrogen and oxygen atoms in total. The summed E-state index contributed by atoms with van der Waals surface area (Å²) in [5, 5.41) is 0.